The van der Waals surface area contributed by atoms with Gasteiger partial charge in [0.05, 0.1) is 14.2 Å². The van der Waals surface area contributed by atoms with Crippen molar-refractivity contribution in [1.82, 2.24) is 5.32 Å². The zero-order valence-electron chi connectivity index (χ0n) is 13.0. The van der Waals surface area contributed by atoms with Gasteiger partial charge >= 0.3 is 5.97 Å². The van der Waals surface area contributed by atoms with E-state index in [1.807, 2.05) is 31.2 Å². The van der Waals surface area contributed by atoms with Gasteiger partial charge in [0, 0.05) is 6.04 Å². The van der Waals surface area contributed by atoms with Crippen LogP contribution in [-0.2, 0) is 9.53 Å². The van der Waals surface area contributed by atoms with Crippen LogP contribution >= 0.6 is 0 Å². The van der Waals surface area contributed by atoms with Crippen molar-refractivity contribution < 1.29 is 14.3 Å². The maximum Gasteiger partial charge on any atom is 0.322 e. The van der Waals surface area contributed by atoms with Crippen molar-refractivity contribution in [2.75, 3.05) is 14.2 Å². The molecule has 0 heterocycles. The van der Waals surface area contributed by atoms with Crippen molar-refractivity contribution in [2.45, 2.75) is 39.3 Å². The van der Waals surface area contributed by atoms with Gasteiger partial charge in [-0.15, -0.1) is 0 Å². The van der Waals surface area contributed by atoms with Crippen molar-refractivity contribution in [3.63, 3.8) is 0 Å². The molecule has 1 N–H and O–H groups in total. The second kappa shape index (κ2) is 7.90. The average molecular weight is 279 g/mol. The molecule has 2 atom stereocenters. The van der Waals surface area contributed by atoms with E-state index in [2.05, 4.69) is 19.2 Å². The molecule has 0 saturated heterocycles. The number of nitrogens with one attached hydrogen (secondary N) is 1. The number of carbonyl (C=O) groups excluding carboxylic acids is 1. The van der Waals surface area contributed by atoms with Crippen molar-refractivity contribution in [1.29, 1.82) is 0 Å². The smallest absolute Gasteiger partial charge is 0.322 e. The molecule has 1 aromatic carbocycles. The summed E-state index contributed by atoms with van der Waals surface area (Å²) < 4.78 is 10.1. The van der Waals surface area contributed by atoms with Crippen LogP contribution in [0, 0.1) is 5.92 Å². The highest BCUT2D eigenvalue weighted by atomic mass is 16.5. The predicted molar refractivity (Wildman–Crippen MR) is 79.8 cm³/mol. The summed E-state index contributed by atoms with van der Waals surface area (Å²) in [5.74, 6) is 1.02. The molecule has 112 valence electrons. The number of carbonyl (C=O) groups is 1. The first-order chi connectivity index (χ1) is 9.47. The lowest BCUT2D eigenvalue weighted by atomic mass is 10.0. The van der Waals surface area contributed by atoms with Gasteiger partial charge in [-0.2, -0.15) is 0 Å². The number of benzene rings is 1. The summed E-state index contributed by atoms with van der Waals surface area (Å²) in [5, 5.41) is 3.34. The molecule has 0 amide bonds. The van der Waals surface area contributed by atoms with Gasteiger partial charge in [0.1, 0.15) is 11.8 Å². The largest absolute Gasteiger partial charge is 0.497 e. The fourth-order valence-electron chi connectivity index (χ4n) is 2.15. The van der Waals surface area contributed by atoms with E-state index >= 15 is 0 Å². The van der Waals surface area contributed by atoms with Gasteiger partial charge in [-0.3, -0.25) is 10.1 Å². The Balaban J connectivity index is 2.78. The molecule has 0 bridgehead atoms. The molecule has 4 nitrogen and oxygen atoms in total. The Kier molecular flexibility index (Phi) is 6.52. The summed E-state index contributed by atoms with van der Waals surface area (Å²) >= 11 is 0. The van der Waals surface area contributed by atoms with Crippen LogP contribution in [0.1, 0.15) is 38.8 Å². The Morgan fingerprint density at radius 1 is 1.25 bits per heavy atom. The fraction of sp³-hybridized carbons (Fsp3) is 0.562. The highest BCUT2D eigenvalue weighted by Gasteiger charge is 2.22. The number of rotatable bonds is 7. The van der Waals surface area contributed by atoms with E-state index in [4.69, 9.17) is 9.47 Å². The van der Waals surface area contributed by atoms with Crippen LogP contribution in [0.15, 0.2) is 24.3 Å². The third kappa shape index (κ3) is 4.85. The van der Waals surface area contributed by atoms with Gasteiger partial charge in [-0.25, -0.2) is 0 Å². The van der Waals surface area contributed by atoms with Gasteiger partial charge < -0.3 is 9.47 Å². The van der Waals surface area contributed by atoms with Crippen LogP contribution in [0.25, 0.3) is 0 Å². The lowest BCUT2D eigenvalue weighted by Gasteiger charge is -2.23. The third-order valence-corrected chi connectivity index (χ3v) is 3.24. The predicted octanol–water partition coefficient (Wildman–Crippen LogP) is 2.93. The Labute approximate surface area is 121 Å². The molecule has 0 fully saturated rings. The van der Waals surface area contributed by atoms with Crippen molar-refractivity contribution in [3.8, 4) is 5.75 Å². The molecule has 1 aromatic rings. The Bertz CT molecular complexity index is 431. The fourth-order valence-corrected chi connectivity index (χ4v) is 2.15. The van der Waals surface area contributed by atoms with E-state index in [0.29, 0.717) is 5.92 Å². The minimum absolute atomic E-state index is 0.0490. The molecular formula is C16H25NO3. The number of ether oxygens (including phenoxy) is 2. The molecule has 0 aliphatic heterocycles. The van der Waals surface area contributed by atoms with E-state index in [0.717, 1.165) is 17.7 Å². The highest BCUT2D eigenvalue weighted by Crippen LogP contribution is 2.20. The summed E-state index contributed by atoms with van der Waals surface area (Å²) in [6, 6.07) is 7.60. The van der Waals surface area contributed by atoms with Gasteiger partial charge in [-0.05, 0) is 37.0 Å². The number of esters is 1. The van der Waals surface area contributed by atoms with Crippen LogP contribution in [0.4, 0.5) is 0 Å². The van der Waals surface area contributed by atoms with Gasteiger partial charge in [0.2, 0.25) is 0 Å². The molecule has 0 aliphatic carbocycles. The minimum atomic E-state index is -0.291. The number of methoxy groups -OCH3 is 2. The first kappa shape index (κ1) is 16.5. The molecule has 0 aromatic heterocycles. The molecule has 20 heavy (non-hydrogen) atoms. The molecule has 0 spiro atoms. The topological polar surface area (TPSA) is 47.6 Å². The zero-order chi connectivity index (χ0) is 15.1. The summed E-state index contributed by atoms with van der Waals surface area (Å²) in [6.45, 7) is 6.21. The van der Waals surface area contributed by atoms with E-state index in [9.17, 15) is 4.79 Å². The highest BCUT2D eigenvalue weighted by molar-refractivity contribution is 5.75. The van der Waals surface area contributed by atoms with Gasteiger partial charge in [0.25, 0.3) is 0 Å². The molecular weight excluding hydrogens is 254 g/mol. The lowest BCUT2D eigenvalue weighted by Crippen LogP contribution is -2.40. The standard InChI is InChI=1S/C16H25NO3/c1-11(2)9-15(16(18)20-5)17-12(3)13-7-6-8-14(10-13)19-4/h6-8,10-12,15,17H,9H2,1-5H3. The quantitative estimate of drug-likeness (QED) is 0.780. The Morgan fingerprint density at radius 2 is 1.95 bits per heavy atom. The van der Waals surface area contributed by atoms with Crippen molar-refractivity contribution in [3.05, 3.63) is 29.8 Å². The lowest BCUT2D eigenvalue weighted by molar-refractivity contribution is -0.143. The van der Waals surface area contributed by atoms with Crippen molar-refractivity contribution >= 4 is 5.97 Å². The van der Waals surface area contributed by atoms with E-state index in [-0.39, 0.29) is 18.1 Å². The Hall–Kier alpha value is -1.55. The molecule has 1 rings (SSSR count). The maximum absolute atomic E-state index is 11.8. The van der Waals surface area contributed by atoms with Crippen LogP contribution in [0.2, 0.25) is 0 Å². The van der Waals surface area contributed by atoms with Crippen LogP contribution in [0.5, 0.6) is 5.75 Å². The Morgan fingerprint density at radius 3 is 2.50 bits per heavy atom. The summed E-state index contributed by atoms with van der Waals surface area (Å²) in [5.41, 5.74) is 1.09. The summed E-state index contributed by atoms with van der Waals surface area (Å²) in [7, 11) is 3.07. The van der Waals surface area contributed by atoms with E-state index in [1.54, 1.807) is 7.11 Å². The van der Waals surface area contributed by atoms with Crippen LogP contribution < -0.4 is 10.1 Å². The van der Waals surface area contributed by atoms with Gasteiger partial charge in [0.15, 0.2) is 0 Å². The zero-order valence-corrected chi connectivity index (χ0v) is 13.0. The first-order valence-corrected chi connectivity index (χ1v) is 6.95. The second-order valence-corrected chi connectivity index (χ2v) is 5.37. The van der Waals surface area contributed by atoms with E-state index in [1.165, 1.54) is 7.11 Å². The monoisotopic (exact) mass is 279 g/mol. The minimum Gasteiger partial charge on any atom is -0.497 e. The normalized spacial score (nSPS) is 13.9. The maximum atomic E-state index is 11.8. The average Bonchev–Trinajstić information content (AvgIpc) is 2.45. The molecule has 0 saturated carbocycles. The molecule has 0 aliphatic rings. The molecule has 2 unspecified atom stereocenters. The SMILES string of the molecule is COC(=O)C(CC(C)C)NC(C)c1cccc(OC)c1. The van der Waals surface area contributed by atoms with Crippen LogP contribution in [-0.4, -0.2) is 26.2 Å². The van der Waals surface area contributed by atoms with Crippen molar-refractivity contribution in [2.24, 2.45) is 5.92 Å². The molecule has 0 radical (unpaired) electrons. The molecule has 4 heteroatoms. The first-order valence-electron chi connectivity index (χ1n) is 6.95. The van der Waals surface area contributed by atoms with Crippen LogP contribution in [0.3, 0.4) is 0 Å². The summed E-state index contributed by atoms with van der Waals surface area (Å²) in [4.78, 5) is 11.8. The number of hydrogen-bond acceptors (Lipinski definition) is 4. The number of hydrogen-bond donors (Lipinski definition) is 1. The van der Waals surface area contributed by atoms with E-state index < -0.39 is 0 Å². The second-order valence-electron chi connectivity index (χ2n) is 5.37. The third-order valence-electron chi connectivity index (χ3n) is 3.24. The summed E-state index contributed by atoms with van der Waals surface area (Å²) in [6.07, 6.45) is 0.751. The van der Waals surface area contributed by atoms with Gasteiger partial charge in [-0.1, -0.05) is 26.0 Å².